The van der Waals surface area contributed by atoms with Crippen LogP contribution in [-0.2, 0) is 0 Å². The first-order chi connectivity index (χ1) is 11.1. The second kappa shape index (κ2) is 6.83. The first-order valence-corrected chi connectivity index (χ1v) is 7.92. The second-order valence-electron chi connectivity index (χ2n) is 6.01. The number of aromatic nitrogens is 2. The van der Waals surface area contributed by atoms with Crippen molar-refractivity contribution in [2.24, 2.45) is 0 Å². The van der Waals surface area contributed by atoms with Gasteiger partial charge in [0.15, 0.2) is 11.6 Å². The number of nitrogens with zero attached hydrogens (tertiary/aromatic N) is 2. The lowest BCUT2D eigenvalue weighted by atomic mass is 9.93. The molecule has 0 bridgehead atoms. The summed E-state index contributed by atoms with van der Waals surface area (Å²) in [4.78, 5) is 8.29. The minimum atomic E-state index is -0.188. The van der Waals surface area contributed by atoms with Crippen molar-refractivity contribution in [3.63, 3.8) is 0 Å². The van der Waals surface area contributed by atoms with E-state index in [-0.39, 0.29) is 18.1 Å². The van der Waals surface area contributed by atoms with E-state index >= 15 is 0 Å². The highest BCUT2D eigenvalue weighted by Gasteiger charge is 2.21. The quantitative estimate of drug-likeness (QED) is 0.803. The lowest BCUT2D eigenvalue weighted by molar-refractivity contribution is 0.126. The number of nitrogen functional groups attached to an aromatic ring is 1. The fourth-order valence-corrected chi connectivity index (χ4v) is 2.71. The molecule has 122 valence electrons. The predicted octanol–water partition coefficient (Wildman–Crippen LogP) is 2.87. The number of nitrogens with two attached hydrogens (primary N) is 1. The summed E-state index contributed by atoms with van der Waals surface area (Å²) in [6.45, 7) is 2.03. The van der Waals surface area contributed by atoms with Crippen LogP contribution >= 0.6 is 0 Å². The zero-order valence-electron chi connectivity index (χ0n) is 13.2. The van der Waals surface area contributed by atoms with Gasteiger partial charge in [0.25, 0.3) is 0 Å². The number of ether oxygens (including phenoxy) is 1. The summed E-state index contributed by atoms with van der Waals surface area (Å²) < 4.78 is 5.89. The molecule has 0 amide bonds. The van der Waals surface area contributed by atoms with Gasteiger partial charge in [-0.25, -0.2) is 4.98 Å². The van der Waals surface area contributed by atoms with Crippen LogP contribution in [-0.4, -0.2) is 27.2 Å². The Kier molecular flexibility index (Phi) is 4.62. The first kappa shape index (κ1) is 15.6. The van der Waals surface area contributed by atoms with E-state index in [0.717, 1.165) is 31.4 Å². The molecule has 1 aliphatic carbocycles. The standard InChI is InChI=1S/C17H22N4O2/c1-11-2-8-14(9-3-11)23-15-10-19-17(18)21-16(15)20-12-4-6-13(22)7-5-12/h2-3,8-10,12-13,22H,4-7H2,1H3,(H3,18,19,20,21). The number of rotatable bonds is 4. The zero-order chi connectivity index (χ0) is 16.2. The smallest absolute Gasteiger partial charge is 0.222 e. The van der Waals surface area contributed by atoms with Crippen LogP contribution in [0.5, 0.6) is 11.5 Å². The van der Waals surface area contributed by atoms with Crippen LogP contribution in [0.2, 0.25) is 0 Å². The molecule has 3 rings (SSSR count). The third-order valence-electron chi connectivity index (χ3n) is 4.06. The molecule has 6 nitrogen and oxygen atoms in total. The summed E-state index contributed by atoms with van der Waals surface area (Å²) >= 11 is 0. The molecule has 23 heavy (non-hydrogen) atoms. The molecule has 1 aromatic heterocycles. The number of anilines is 2. The highest BCUT2D eigenvalue weighted by molar-refractivity contribution is 5.53. The van der Waals surface area contributed by atoms with Crippen LogP contribution in [0.25, 0.3) is 0 Å². The molecule has 1 fully saturated rings. The zero-order valence-corrected chi connectivity index (χ0v) is 13.2. The van der Waals surface area contributed by atoms with Crippen LogP contribution in [0, 0.1) is 6.92 Å². The third kappa shape index (κ3) is 4.10. The topological polar surface area (TPSA) is 93.3 Å². The number of aliphatic hydroxyl groups is 1. The highest BCUT2D eigenvalue weighted by Crippen LogP contribution is 2.30. The van der Waals surface area contributed by atoms with Gasteiger partial charge < -0.3 is 20.9 Å². The van der Waals surface area contributed by atoms with E-state index in [1.165, 1.54) is 5.56 Å². The van der Waals surface area contributed by atoms with Gasteiger partial charge in [-0.05, 0) is 44.7 Å². The van der Waals surface area contributed by atoms with Crippen molar-refractivity contribution < 1.29 is 9.84 Å². The number of hydrogen-bond donors (Lipinski definition) is 3. The van der Waals surface area contributed by atoms with Crippen LogP contribution in [0.4, 0.5) is 11.8 Å². The SMILES string of the molecule is Cc1ccc(Oc2cnc(N)nc2NC2CCC(O)CC2)cc1. The second-order valence-corrected chi connectivity index (χ2v) is 6.01. The monoisotopic (exact) mass is 314 g/mol. The lowest BCUT2D eigenvalue weighted by Crippen LogP contribution is -2.28. The first-order valence-electron chi connectivity index (χ1n) is 7.92. The van der Waals surface area contributed by atoms with Crippen molar-refractivity contribution in [1.29, 1.82) is 0 Å². The predicted molar refractivity (Wildman–Crippen MR) is 89.6 cm³/mol. The fourth-order valence-electron chi connectivity index (χ4n) is 2.71. The molecule has 1 aromatic carbocycles. The van der Waals surface area contributed by atoms with Gasteiger partial charge in [-0.2, -0.15) is 4.98 Å². The van der Waals surface area contributed by atoms with Gasteiger partial charge in [-0.3, -0.25) is 0 Å². The van der Waals surface area contributed by atoms with E-state index < -0.39 is 0 Å². The van der Waals surface area contributed by atoms with Gasteiger partial charge in [0.1, 0.15) is 5.75 Å². The van der Waals surface area contributed by atoms with E-state index in [1.54, 1.807) is 6.20 Å². The molecular formula is C17H22N4O2. The Bertz CT molecular complexity index is 652. The maximum Gasteiger partial charge on any atom is 0.222 e. The summed E-state index contributed by atoms with van der Waals surface area (Å²) in [5.41, 5.74) is 6.88. The van der Waals surface area contributed by atoms with E-state index in [2.05, 4.69) is 15.3 Å². The van der Waals surface area contributed by atoms with Crippen molar-refractivity contribution in [1.82, 2.24) is 9.97 Å². The van der Waals surface area contributed by atoms with E-state index in [4.69, 9.17) is 10.5 Å². The molecule has 4 N–H and O–H groups in total. The molecule has 0 radical (unpaired) electrons. The van der Waals surface area contributed by atoms with Gasteiger partial charge in [0.2, 0.25) is 5.95 Å². The normalized spacial score (nSPS) is 21.0. The van der Waals surface area contributed by atoms with Crippen LogP contribution < -0.4 is 15.8 Å². The lowest BCUT2D eigenvalue weighted by Gasteiger charge is -2.27. The Balaban J connectivity index is 1.76. The number of aliphatic hydroxyl groups excluding tert-OH is 1. The van der Waals surface area contributed by atoms with Crippen molar-refractivity contribution in [3.05, 3.63) is 36.0 Å². The van der Waals surface area contributed by atoms with Gasteiger partial charge in [-0.15, -0.1) is 0 Å². The van der Waals surface area contributed by atoms with Gasteiger partial charge in [0, 0.05) is 6.04 Å². The summed E-state index contributed by atoms with van der Waals surface area (Å²) in [5.74, 6) is 2.08. The summed E-state index contributed by atoms with van der Waals surface area (Å²) in [5, 5.41) is 13.0. The molecule has 2 aromatic rings. The number of nitrogens with one attached hydrogen (secondary N) is 1. The third-order valence-corrected chi connectivity index (χ3v) is 4.06. The molecular weight excluding hydrogens is 292 g/mol. The average molecular weight is 314 g/mol. The largest absolute Gasteiger partial charge is 0.452 e. The van der Waals surface area contributed by atoms with Gasteiger partial charge in [-0.1, -0.05) is 17.7 Å². The minimum absolute atomic E-state index is 0.188. The van der Waals surface area contributed by atoms with Crippen molar-refractivity contribution in [3.8, 4) is 11.5 Å². The van der Waals surface area contributed by atoms with Crippen LogP contribution in [0.15, 0.2) is 30.5 Å². The Morgan fingerprint density at radius 3 is 2.57 bits per heavy atom. The molecule has 0 spiro atoms. The highest BCUT2D eigenvalue weighted by atomic mass is 16.5. The Labute approximate surface area is 135 Å². The van der Waals surface area contributed by atoms with E-state index in [0.29, 0.717) is 11.6 Å². The number of hydrogen-bond acceptors (Lipinski definition) is 6. The Morgan fingerprint density at radius 2 is 1.87 bits per heavy atom. The fraction of sp³-hybridized carbons (Fsp3) is 0.412. The molecule has 0 atom stereocenters. The minimum Gasteiger partial charge on any atom is -0.452 e. The Hall–Kier alpha value is -2.34. The van der Waals surface area contributed by atoms with Gasteiger partial charge in [0.05, 0.1) is 12.3 Å². The van der Waals surface area contributed by atoms with Crippen molar-refractivity contribution in [2.75, 3.05) is 11.1 Å². The number of aryl methyl sites for hydroxylation is 1. The Morgan fingerprint density at radius 1 is 1.17 bits per heavy atom. The average Bonchev–Trinajstić information content (AvgIpc) is 2.54. The summed E-state index contributed by atoms with van der Waals surface area (Å²) in [7, 11) is 0. The van der Waals surface area contributed by atoms with E-state index in [1.807, 2.05) is 31.2 Å². The summed E-state index contributed by atoms with van der Waals surface area (Å²) in [6, 6.07) is 8.05. The number of benzene rings is 1. The molecule has 1 aliphatic rings. The molecule has 0 saturated heterocycles. The van der Waals surface area contributed by atoms with Crippen molar-refractivity contribution >= 4 is 11.8 Å². The molecule has 6 heteroatoms. The van der Waals surface area contributed by atoms with Crippen LogP contribution in [0.1, 0.15) is 31.2 Å². The molecule has 1 saturated carbocycles. The van der Waals surface area contributed by atoms with Gasteiger partial charge >= 0.3 is 0 Å². The van der Waals surface area contributed by atoms with E-state index in [9.17, 15) is 5.11 Å². The summed E-state index contributed by atoms with van der Waals surface area (Å²) in [6.07, 6.45) is 4.79. The maximum absolute atomic E-state index is 9.61. The molecule has 0 unspecified atom stereocenters. The molecule has 1 heterocycles. The van der Waals surface area contributed by atoms with Crippen molar-refractivity contribution in [2.45, 2.75) is 44.8 Å². The van der Waals surface area contributed by atoms with Crippen LogP contribution in [0.3, 0.4) is 0 Å². The maximum atomic E-state index is 9.61. The molecule has 0 aliphatic heterocycles.